The van der Waals surface area contributed by atoms with E-state index < -0.39 is 0 Å². The first kappa shape index (κ1) is 8.53. The number of hydrogen-bond donors (Lipinski definition) is 2. The molecular formula is C8H16N2O. The van der Waals surface area contributed by atoms with Gasteiger partial charge in [-0.2, -0.15) is 0 Å². The van der Waals surface area contributed by atoms with Crippen molar-refractivity contribution in [3.63, 3.8) is 0 Å². The summed E-state index contributed by atoms with van der Waals surface area (Å²) < 4.78 is 0. The summed E-state index contributed by atoms with van der Waals surface area (Å²) in [5.74, 6) is -0.0854. The van der Waals surface area contributed by atoms with E-state index in [0.717, 1.165) is 25.8 Å². The summed E-state index contributed by atoms with van der Waals surface area (Å²) >= 11 is 0. The van der Waals surface area contributed by atoms with E-state index in [0.29, 0.717) is 6.04 Å². The van der Waals surface area contributed by atoms with Crippen LogP contribution < -0.4 is 11.1 Å². The third kappa shape index (κ3) is 1.93. The number of rotatable bonds is 2. The van der Waals surface area contributed by atoms with Crippen LogP contribution in [-0.4, -0.2) is 18.5 Å². The third-order valence-electron chi connectivity index (χ3n) is 2.39. The quantitative estimate of drug-likeness (QED) is 0.602. The molecule has 0 aromatic carbocycles. The highest BCUT2D eigenvalue weighted by molar-refractivity contribution is 5.77. The van der Waals surface area contributed by atoms with E-state index in [9.17, 15) is 4.79 Å². The first-order valence-corrected chi connectivity index (χ1v) is 4.28. The minimum atomic E-state index is -0.149. The van der Waals surface area contributed by atoms with Gasteiger partial charge in [-0.15, -0.1) is 0 Å². The lowest BCUT2D eigenvalue weighted by molar-refractivity contribution is -0.123. The molecule has 0 radical (unpaired) electrons. The highest BCUT2D eigenvalue weighted by Crippen LogP contribution is 2.17. The average Bonchev–Trinajstić information content (AvgIpc) is 2.04. The number of amides is 1. The topological polar surface area (TPSA) is 55.1 Å². The van der Waals surface area contributed by atoms with Crippen molar-refractivity contribution in [3.05, 3.63) is 0 Å². The van der Waals surface area contributed by atoms with Crippen LogP contribution in [0.4, 0.5) is 0 Å². The molecule has 2 atom stereocenters. The number of carbonyl (C=O) groups is 1. The average molecular weight is 156 g/mol. The Kier molecular flexibility index (Phi) is 2.88. The van der Waals surface area contributed by atoms with Gasteiger partial charge in [-0.1, -0.05) is 6.92 Å². The monoisotopic (exact) mass is 156 g/mol. The van der Waals surface area contributed by atoms with E-state index >= 15 is 0 Å². The molecule has 1 fully saturated rings. The Labute approximate surface area is 67.3 Å². The molecule has 0 saturated carbocycles. The molecule has 0 aromatic rings. The molecule has 0 aliphatic carbocycles. The molecule has 3 nitrogen and oxygen atoms in total. The zero-order valence-electron chi connectivity index (χ0n) is 6.97. The fourth-order valence-corrected chi connectivity index (χ4v) is 1.72. The van der Waals surface area contributed by atoms with Crippen LogP contribution in [0.3, 0.4) is 0 Å². The maximum atomic E-state index is 10.9. The van der Waals surface area contributed by atoms with Crippen molar-refractivity contribution in [3.8, 4) is 0 Å². The molecule has 1 aliphatic heterocycles. The van der Waals surface area contributed by atoms with E-state index in [4.69, 9.17) is 5.73 Å². The lowest BCUT2D eigenvalue weighted by atomic mass is 9.89. The zero-order chi connectivity index (χ0) is 8.27. The summed E-state index contributed by atoms with van der Waals surface area (Å²) in [5, 5.41) is 3.30. The van der Waals surface area contributed by atoms with Crippen LogP contribution in [0.1, 0.15) is 26.2 Å². The predicted molar refractivity (Wildman–Crippen MR) is 44.0 cm³/mol. The van der Waals surface area contributed by atoms with Gasteiger partial charge in [-0.25, -0.2) is 0 Å². The molecule has 1 amide bonds. The molecule has 0 aromatic heterocycles. The molecule has 3 heteroatoms. The van der Waals surface area contributed by atoms with Gasteiger partial charge in [0, 0.05) is 6.04 Å². The van der Waals surface area contributed by atoms with Crippen LogP contribution in [0.2, 0.25) is 0 Å². The largest absolute Gasteiger partial charge is 0.369 e. The summed E-state index contributed by atoms with van der Waals surface area (Å²) in [6, 6.07) is 0.321. The van der Waals surface area contributed by atoms with E-state index in [-0.39, 0.29) is 11.8 Å². The van der Waals surface area contributed by atoms with Gasteiger partial charge in [-0.3, -0.25) is 4.79 Å². The van der Waals surface area contributed by atoms with Gasteiger partial charge in [-0.05, 0) is 25.8 Å². The first-order chi connectivity index (χ1) is 5.25. The van der Waals surface area contributed by atoms with Crippen LogP contribution in [0.5, 0.6) is 0 Å². The molecule has 1 heterocycles. The van der Waals surface area contributed by atoms with Crippen LogP contribution >= 0.6 is 0 Å². The van der Waals surface area contributed by atoms with Gasteiger partial charge in [0.05, 0.1) is 5.92 Å². The van der Waals surface area contributed by atoms with Crippen molar-refractivity contribution >= 4 is 5.91 Å². The molecule has 1 rings (SSSR count). The second kappa shape index (κ2) is 3.72. The maximum Gasteiger partial charge on any atom is 0.222 e. The van der Waals surface area contributed by atoms with Crippen molar-refractivity contribution in [2.24, 2.45) is 11.7 Å². The van der Waals surface area contributed by atoms with E-state index in [1.165, 1.54) is 0 Å². The number of primary amides is 1. The van der Waals surface area contributed by atoms with Crippen LogP contribution in [-0.2, 0) is 4.79 Å². The molecule has 1 aliphatic rings. The van der Waals surface area contributed by atoms with Crippen molar-refractivity contribution in [1.29, 1.82) is 0 Å². The van der Waals surface area contributed by atoms with Crippen LogP contribution in [0, 0.1) is 5.92 Å². The number of piperidine rings is 1. The summed E-state index contributed by atoms with van der Waals surface area (Å²) in [5.41, 5.74) is 5.25. The third-order valence-corrected chi connectivity index (χ3v) is 2.39. The maximum absolute atomic E-state index is 10.9. The number of nitrogens with one attached hydrogen (secondary N) is 1. The van der Waals surface area contributed by atoms with Gasteiger partial charge in [0.25, 0.3) is 0 Å². The fraction of sp³-hybridized carbons (Fsp3) is 0.875. The normalized spacial score (nSPS) is 31.7. The smallest absolute Gasteiger partial charge is 0.222 e. The number of carbonyl (C=O) groups excluding carboxylic acids is 1. The highest BCUT2D eigenvalue weighted by atomic mass is 16.1. The molecule has 0 unspecified atom stereocenters. The Morgan fingerprint density at radius 1 is 1.73 bits per heavy atom. The number of nitrogens with two attached hydrogens (primary N) is 1. The predicted octanol–water partition coefficient (Wildman–Crippen LogP) is 0.250. The van der Waals surface area contributed by atoms with Crippen molar-refractivity contribution in [2.75, 3.05) is 6.54 Å². The van der Waals surface area contributed by atoms with Crippen molar-refractivity contribution < 1.29 is 4.79 Å². The molecule has 0 bridgehead atoms. The molecule has 64 valence electrons. The Bertz CT molecular complexity index is 147. The van der Waals surface area contributed by atoms with Gasteiger partial charge in [0.1, 0.15) is 0 Å². The van der Waals surface area contributed by atoms with Gasteiger partial charge in [0.2, 0.25) is 5.91 Å². The minimum absolute atomic E-state index is 0.0637. The molecule has 0 spiro atoms. The van der Waals surface area contributed by atoms with Gasteiger partial charge in [0.15, 0.2) is 0 Å². The lowest BCUT2D eigenvalue weighted by Gasteiger charge is -2.29. The second-order valence-corrected chi connectivity index (χ2v) is 3.12. The summed E-state index contributed by atoms with van der Waals surface area (Å²) in [7, 11) is 0. The molecule has 1 saturated heterocycles. The molecule has 11 heavy (non-hydrogen) atoms. The van der Waals surface area contributed by atoms with Crippen LogP contribution in [0.15, 0.2) is 0 Å². The zero-order valence-corrected chi connectivity index (χ0v) is 6.97. The first-order valence-electron chi connectivity index (χ1n) is 4.28. The van der Waals surface area contributed by atoms with Gasteiger partial charge >= 0.3 is 0 Å². The van der Waals surface area contributed by atoms with Crippen molar-refractivity contribution in [2.45, 2.75) is 32.2 Å². The fourth-order valence-electron chi connectivity index (χ4n) is 1.72. The number of hydrogen-bond acceptors (Lipinski definition) is 2. The summed E-state index contributed by atoms with van der Waals surface area (Å²) in [6.45, 7) is 3.11. The van der Waals surface area contributed by atoms with E-state index in [1.807, 2.05) is 0 Å². The standard InChI is InChI=1S/C8H16N2O/c1-2-7-6(8(9)11)4-3-5-10-7/h6-7,10H,2-5H2,1H3,(H2,9,11)/t6-,7+/m0/s1. The van der Waals surface area contributed by atoms with Crippen LogP contribution in [0.25, 0.3) is 0 Å². The second-order valence-electron chi connectivity index (χ2n) is 3.12. The Morgan fingerprint density at radius 3 is 2.91 bits per heavy atom. The summed E-state index contributed by atoms with van der Waals surface area (Å²) in [4.78, 5) is 10.9. The molecule has 3 N–H and O–H groups in total. The highest BCUT2D eigenvalue weighted by Gasteiger charge is 2.27. The Hall–Kier alpha value is -0.570. The van der Waals surface area contributed by atoms with Crippen molar-refractivity contribution in [1.82, 2.24) is 5.32 Å². The summed E-state index contributed by atoms with van der Waals surface area (Å²) in [6.07, 6.45) is 3.03. The SMILES string of the molecule is CC[C@H]1NCCC[C@@H]1C(N)=O. The Balaban J connectivity index is 2.51. The Morgan fingerprint density at radius 2 is 2.45 bits per heavy atom. The van der Waals surface area contributed by atoms with Gasteiger partial charge < -0.3 is 11.1 Å². The van der Waals surface area contributed by atoms with E-state index in [1.54, 1.807) is 0 Å². The van der Waals surface area contributed by atoms with E-state index in [2.05, 4.69) is 12.2 Å². The molecular weight excluding hydrogens is 140 g/mol. The lowest BCUT2D eigenvalue weighted by Crippen LogP contribution is -2.46. The minimum Gasteiger partial charge on any atom is -0.369 e.